The highest BCUT2D eigenvalue weighted by atomic mass is 32.2. The Hall–Kier alpha value is -2.16. The summed E-state index contributed by atoms with van der Waals surface area (Å²) in [4.78, 5) is 37.3. The van der Waals surface area contributed by atoms with Crippen LogP contribution in [0.25, 0.3) is 10.2 Å². The van der Waals surface area contributed by atoms with Crippen LogP contribution in [0.4, 0.5) is 5.69 Å². The summed E-state index contributed by atoms with van der Waals surface area (Å²) < 4.78 is 0. The van der Waals surface area contributed by atoms with Gasteiger partial charge in [0.2, 0.25) is 5.91 Å². The summed E-state index contributed by atoms with van der Waals surface area (Å²) in [5, 5.41) is 3.53. The SMILES string of the molecule is Cc1sc2nc(CSC(C)C(=O)Nc3ccccc3CN(C)C3CCCCC3)[nH]c(=O)c2c1C. The van der Waals surface area contributed by atoms with Crippen LogP contribution in [0.1, 0.15) is 60.9 Å². The van der Waals surface area contributed by atoms with E-state index in [2.05, 4.69) is 33.3 Å². The first-order chi connectivity index (χ1) is 16.3. The summed E-state index contributed by atoms with van der Waals surface area (Å²) in [6, 6.07) is 8.70. The van der Waals surface area contributed by atoms with Gasteiger partial charge in [0, 0.05) is 23.2 Å². The topological polar surface area (TPSA) is 78.1 Å². The number of carbonyl (C=O) groups is 1. The number of aromatic nitrogens is 2. The van der Waals surface area contributed by atoms with E-state index in [1.807, 2.05) is 39.0 Å². The third-order valence-corrected chi connectivity index (χ3v) is 9.08. The van der Waals surface area contributed by atoms with Gasteiger partial charge in [0.15, 0.2) is 0 Å². The summed E-state index contributed by atoms with van der Waals surface area (Å²) in [7, 11) is 2.19. The molecule has 8 heteroatoms. The fraction of sp³-hybridized carbons (Fsp3) is 0.500. The molecule has 1 fully saturated rings. The Morgan fingerprint density at radius 3 is 2.76 bits per heavy atom. The summed E-state index contributed by atoms with van der Waals surface area (Å²) in [6.07, 6.45) is 6.47. The quantitative estimate of drug-likeness (QED) is 0.421. The number of nitrogens with zero attached hydrogens (tertiary/aromatic N) is 2. The van der Waals surface area contributed by atoms with E-state index in [0.29, 0.717) is 23.0 Å². The predicted octanol–water partition coefficient (Wildman–Crippen LogP) is 5.63. The number of fused-ring (bicyclic) bond motifs is 1. The number of anilines is 1. The van der Waals surface area contributed by atoms with Crippen molar-refractivity contribution in [3.05, 3.63) is 56.4 Å². The van der Waals surface area contributed by atoms with Gasteiger partial charge in [0.1, 0.15) is 10.7 Å². The largest absolute Gasteiger partial charge is 0.325 e. The minimum atomic E-state index is -0.281. The van der Waals surface area contributed by atoms with Crippen LogP contribution in [-0.4, -0.2) is 39.1 Å². The third-order valence-electron chi connectivity index (χ3n) is 6.82. The molecular weight excluding hydrogens is 464 g/mol. The summed E-state index contributed by atoms with van der Waals surface area (Å²) >= 11 is 3.02. The molecule has 2 N–H and O–H groups in total. The maximum absolute atomic E-state index is 13.0. The van der Waals surface area contributed by atoms with E-state index in [-0.39, 0.29) is 16.7 Å². The molecule has 4 rings (SSSR count). The highest BCUT2D eigenvalue weighted by Crippen LogP contribution is 2.28. The van der Waals surface area contributed by atoms with E-state index in [4.69, 9.17) is 0 Å². The Kier molecular flexibility index (Phi) is 8.11. The van der Waals surface area contributed by atoms with Gasteiger partial charge in [-0.15, -0.1) is 23.1 Å². The minimum Gasteiger partial charge on any atom is -0.325 e. The molecule has 0 spiro atoms. The van der Waals surface area contributed by atoms with Crippen molar-refractivity contribution in [2.45, 2.75) is 76.5 Å². The Bertz CT molecular complexity index is 1210. The number of amides is 1. The van der Waals surface area contributed by atoms with Gasteiger partial charge in [-0.3, -0.25) is 14.5 Å². The maximum atomic E-state index is 13.0. The Balaban J connectivity index is 1.37. The smallest absolute Gasteiger partial charge is 0.259 e. The molecule has 2 aromatic heterocycles. The predicted molar refractivity (Wildman–Crippen MR) is 144 cm³/mol. The minimum absolute atomic E-state index is 0.0380. The van der Waals surface area contributed by atoms with Crippen molar-refractivity contribution in [2.75, 3.05) is 12.4 Å². The number of carbonyl (C=O) groups excluding carboxylic acids is 1. The molecule has 182 valence electrons. The third kappa shape index (κ3) is 5.73. The van der Waals surface area contributed by atoms with Gasteiger partial charge in [-0.2, -0.15) is 0 Å². The molecule has 1 aliphatic rings. The molecule has 2 heterocycles. The van der Waals surface area contributed by atoms with Gasteiger partial charge >= 0.3 is 0 Å². The van der Waals surface area contributed by atoms with E-state index in [0.717, 1.165) is 33.1 Å². The molecular formula is C26H34N4O2S2. The number of thioether (sulfide) groups is 1. The van der Waals surface area contributed by atoms with Crippen molar-refractivity contribution in [2.24, 2.45) is 0 Å². The standard InChI is InChI=1S/C26H34N4O2S2/c1-16-17(2)34-26-23(16)25(32)28-22(29-26)15-33-18(3)24(31)27-21-13-9-8-10-19(21)14-30(4)20-11-6-5-7-12-20/h8-10,13,18,20H,5-7,11-12,14-15H2,1-4H3,(H,27,31)(H,28,29,32). The van der Waals surface area contributed by atoms with Crippen LogP contribution in [0, 0.1) is 13.8 Å². The van der Waals surface area contributed by atoms with Gasteiger partial charge in [-0.1, -0.05) is 37.5 Å². The van der Waals surface area contributed by atoms with E-state index in [1.165, 1.54) is 43.9 Å². The average Bonchev–Trinajstić information content (AvgIpc) is 3.12. The number of thiophene rings is 1. The first-order valence-electron chi connectivity index (χ1n) is 12.0. The summed E-state index contributed by atoms with van der Waals surface area (Å²) in [5.74, 6) is 1.05. The monoisotopic (exact) mass is 498 g/mol. The van der Waals surface area contributed by atoms with Gasteiger partial charge < -0.3 is 10.3 Å². The van der Waals surface area contributed by atoms with E-state index in [1.54, 1.807) is 11.3 Å². The van der Waals surface area contributed by atoms with Gasteiger partial charge in [-0.25, -0.2) is 4.98 Å². The first-order valence-corrected chi connectivity index (χ1v) is 13.9. The zero-order chi connectivity index (χ0) is 24.2. The molecule has 1 saturated carbocycles. The van der Waals surface area contributed by atoms with E-state index in [9.17, 15) is 9.59 Å². The Morgan fingerprint density at radius 2 is 2.00 bits per heavy atom. The van der Waals surface area contributed by atoms with Crippen molar-refractivity contribution in [1.29, 1.82) is 0 Å². The number of para-hydroxylation sites is 1. The number of aromatic amines is 1. The van der Waals surface area contributed by atoms with Gasteiger partial charge in [0.05, 0.1) is 16.4 Å². The lowest BCUT2D eigenvalue weighted by Gasteiger charge is -2.31. The van der Waals surface area contributed by atoms with Crippen LogP contribution >= 0.6 is 23.1 Å². The maximum Gasteiger partial charge on any atom is 0.259 e. The van der Waals surface area contributed by atoms with Crippen molar-refractivity contribution < 1.29 is 4.79 Å². The molecule has 6 nitrogen and oxygen atoms in total. The molecule has 1 unspecified atom stereocenters. The highest BCUT2D eigenvalue weighted by molar-refractivity contribution is 7.99. The first kappa shape index (κ1) is 24.9. The number of aryl methyl sites for hydroxylation is 2. The number of benzene rings is 1. The van der Waals surface area contributed by atoms with Crippen molar-refractivity contribution in [3.8, 4) is 0 Å². The molecule has 34 heavy (non-hydrogen) atoms. The normalized spacial score (nSPS) is 15.7. The number of nitrogens with one attached hydrogen (secondary N) is 2. The molecule has 1 aromatic carbocycles. The van der Waals surface area contributed by atoms with Crippen LogP contribution in [-0.2, 0) is 17.1 Å². The molecule has 1 aliphatic carbocycles. The molecule has 0 aliphatic heterocycles. The Labute approximate surface area is 209 Å². The van der Waals surface area contributed by atoms with Gasteiger partial charge in [0.25, 0.3) is 5.56 Å². The van der Waals surface area contributed by atoms with Crippen molar-refractivity contribution in [1.82, 2.24) is 14.9 Å². The second-order valence-corrected chi connectivity index (χ2v) is 11.8. The summed E-state index contributed by atoms with van der Waals surface area (Å²) in [6.45, 7) is 6.68. The summed E-state index contributed by atoms with van der Waals surface area (Å²) in [5.41, 5.74) is 2.91. The number of H-pyrrole nitrogens is 1. The fourth-order valence-corrected chi connectivity index (χ4v) is 6.39. The lowest BCUT2D eigenvalue weighted by Crippen LogP contribution is -2.33. The van der Waals surface area contributed by atoms with Crippen LogP contribution in [0.15, 0.2) is 29.1 Å². The van der Waals surface area contributed by atoms with Crippen LogP contribution in [0.2, 0.25) is 0 Å². The second kappa shape index (κ2) is 11.1. The van der Waals surface area contributed by atoms with Crippen LogP contribution < -0.4 is 10.9 Å². The van der Waals surface area contributed by atoms with Crippen LogP contribution in [0.5, 0.6) is 0 Å². The Morgan fingerprint density at radius 1 is 1.26 bits per heavy atom. The highest BCUT2D eigenvalue weighted by Gasteiger charge is 2.20. The molecule has 1 amide bonds. The zero-order valence-electron chi connectivity index (χ0n) is 20.4. The zero-order valence-corrected chi connectivity index (χ0v) is 22.1. The average molecular weight is 499 g/mol. The van der Waals surface area contributed by atoms with Crippen LogP contribution in [0.3, 0.4) is 0 Å². The molecule has 0 bridgehead atoms. The second-order valence-electron chi connectivity index (χ2n) is 9.28. The lowest BCUT2D eigenvalue weighted by molar-refractivity contribution is -0.115. The lowest BCUT2D eigenvalue weighted by atomic mass is 9.94. The molecule has 1 atom stereocenters. The number of hydrogen-bond donors (Lipinski definition) is 2. The molecule has 0 saturated heterocycles. The molecule has 3 aromatic rings. The van der Waals surface area contributed by atoms with Crippen molar-refractivity contribution >= 4 is 44.9 Å². The van der Waals surface area contributed by atoms with E-state index >= 15 is 0 Å². The number of rotatable bonds is 8. The van der Waals surface area contributed by atoms with Gasteiger partial charge in [-0.05, 0) is 57.9 Å². The number of hydrogen-bond acceptors (Lipinski definition) is 6. The van der Waals surface area contributed by atoms with Crippen molar-refractivity contribution in [3.63, 3.8) is 0 Å². The van der Waals surface area contributed by atoms with E-state index < -0.39 is 0 Å². The fourth-order valence-electron chi connectivity index (χ4n) is 4.58. The molecule has 0 radical (unpaired) electrons.